The van der Waals surface area contributed by atoms with Crippen molar-refractivity contribution in [1.82, 2.24) is 19.9 Å². The van der Waals surface area contributed by atoms with Gasteiger partial charge >= 0.3 is 0 Å². The lowest BCUT2D eigenvalue weighted by atomic mass is 10.1. The number of anilines is 1. The maximum absolute atomic E-state index is 12.7. The average Bonchev–Trinajstić information content (AvgIpc) is 3.24. The van der Waals surface area contributed by atoms with Gasteiger partial charge in [0.1, 0.15) is 0 Å². The molecule has 4 rings (SSSR count). The number of nitrogen functional groups attached to an aromatic ring is 1. The summed E-state index contributed by atoms with van der Waals surface area (Å²) in [7, 11) is 0. The Bertz CT molecular complexity index is 959. The van der Waals surface area contributed by atoms with Crippen LogP contribution in [0.5, 0.6) is 0 Å². The number of benzene rings is 2. The molecule has 0 bridgehead atoms. The second-order valence-corrected chi connectivity index (χ2v) is 6.91. The number of carbonyl (C=O) groups excluding carboxylic acids is 1. The topological polar surface area (TPSA) is 88.5 Å². The molecule has 1 fully saturated rings. The van der Waals surface area contributed by atoms with Crippen molar-refractivity contribution < 1.29 is 9.32 Å². The molecule has 2 aromatic carbocycles. The zero-order chi connectivity index (χ0) is 19.5. The van der Waals surface area contributed by atoms with Crippen LogP contribution in [-0.4, -0.2) is 52.0 Å². The van der Waals surface area contributed by atoms with Crippen molar-refractivity contribution in [1.29, 1.82) is 0 Å². The largest absolute Gasteiger partial charge is 0.398 e. The van der Waals surface area contributed by atoms with Crippen LogP contribution in [0.15, 0.2) is 59.1 Å². The molecule has 1 aliphatic heterocycles. The van der Waals surface area contributed by atoms with Crippen molar-refractivity contribution in [3.8, 4) is 11.4 Å². The Balaban J connectivity index is 0.00000160. The van der Waals surface area contributed by atoms with Crippen LogP contribution in [0.2, 0.25) is 0 Å². The molecule has 1 unspecified atom stereocenters. The lowest BCUT2D eigenvalue weighted by molar-refractivity contribution is 0.0552. The summed E-state index contributed by atoms with van der Waals surface area (Å²) in [6.45, 7) is 4.80. The summed E-state index contributed by atoms with van der Waals surface area (Å²) in [5.74, 6) is 1.16. The molecule has 2 heterocycles. The van der Waals surface area contributed by atoms with Gasteiger partial charge in [-0.1, -0.05) is 47.6 Å². The minimum Gasteiger partial charge on any atom is -0.398 e. The Morgan fingerprint density at radius 2 is 1.63 bits per heavy atom. The van der Waals surface area contributed by atoms with Crippen LogP contribution in [0, 0.1) is 0 Å². The number of hydrogen-bond acceptors (Lipinski definition) is 6. The number of para-hydroxylation sites is 1. The molecule has 2 N–H and O–H groups in total. The third-order valence-electron chi connectivity index (χ3n) is 5.17. The highest BCUT2D eigenvalue weighted by atomic mass is 35.5. The van der Waals surface area contributed by atoms with Gasteiger partial charge in [0.05, 0.1) is 11.6 Å². The molecule has 0 saturated carbocycles. The van der Waals surface area contributed by atoms with E-state index in [1.807, 2.05) is 47.4 Å². The predicted molar refractivity (Wildman–Crippen MR) is 121 cm³/mol. The summed E-state index contributed by atoms with van der Waals surface area (Å²) in [4.78, 5) is 21.4. The summed E-state index contributed by atoms with van der Waals surface area (Å²) >= 11 is 0. The van der Waals surface area contributed by atoms with Crippen LogP contribution < -0.4 is 5.73 Å². The first-order chi connectivity index (χ1) is 13.6. The van der Waals surface area contributed by atoms with Gasteiger partial charge in [0, 0.05) is 37.4 Å². The number of aromatic nitrogens is 2. The van der Waals surface area contributed by atoms with Crippen LogP contribution in [0.25, 0.3) is 11.4 Å². The molecule has 0 spiro atoms. The molecular weight excluding hydrogens is 425 g/mol. The van der Waals surface area contributed by atoms with Crippen LogP contribution >= 0.6 is 24.8 Å². The molecule has 1 aromatic heterocycles. The molecule has 0 aliphatic carbocycles. The summed E-state index contributed by atoms with van der Waals surface area (Å²) in [5.41, 5.74) is 7.96. The van der Waals surface area contributed by atoms with Crippen molar-refractivity contribution >= 4 is 36.4 Å². The van der Waals surface area contributed by atoms with Gasteiger partial charge in [-0.2, -0.15) is 4.98 Å². The fraction of sp³-hybridized carbons (Fsp3) is 0.286. The minimum absolute atomic E-state index is 0. The van der Waals surface area contributed by atoms with Crippen molar-refractivity contribution in [2.45, 2.75) is 13.0 Å². The van der Waals surface area contributed by atoms with E-state index in [0.29, 0.717) is 36.1 Å². The summed E-state index contributed by atoms with van der Waals surface area (Å²) < 4.78 is 5.49. The molecule has 9 heteroatoms. The molecule has 160 valence electrons. The van der Waals surface area contributed by atoms with Gasteiger partial charge in [-0.05, 0) is 19.1 Å². The Morgan fingerprint density at radius 1 is 1.00 bits per heavy atom. The molecule has 0 radical (unpaired) electrons. The van der Waals surface area contributed by atoms with Crippen molar-refractivity contribution in [3.63, 3.8) is 0 Å². The molecule has 1 saturated heterocycles. The average molecular weight is 450 g/mol. The minimum atomic E-state index is -0.0189. The Morgan fingerprint density at radius 3 is 2.30 bits per heavy atom. The maximum Gasteiger partial charge on any atom is 0.256 e. The van der Waals surface area contributed by atoms with Gasteiger partial charge in [-0.25, -0.2) is 0 Å². The maximum atomic E-state index is 12.7. The number of amides is 1. The van der Waals surface area contributed by atoms with E-state index in [1.165, 1.54) is 0 Å². The number of carbonyl (C=O) groups is 1. The fourth-order valence-electron chi connectivity index (χ4n) is 3.44. The lowest BCUT2D eigenvalue weighted by Gasteiger charge is -2.37. The summed E-state index contributed by atoms with van der Waals surface area (Å²) in [5, 5.41) is 4.10. The highest BCUT2D eigenvalue weighted by molar-refractivity contribution is 5.99. The van der Waals surface area contributed by atoms with Crippen LogP contribution in [0.3, 0.4) is 0 Å². The lowest BCUT2D eigenvalue weighted by Crippen LogP contribution is -2.49. The molecular formula is C21H25Cl2N5O2. The molecule has 30 heavy (non-hydrogen) atoms. The van der Waals surface area contributed by atoms with E-state index in [9.17, 15) is 4.79 Å². The van der Waals surface area contributed by atoms with E-state index < -0.39 is 0 Å². The Hall–Kier alpha value is -2.61. The first-order valence-corrected chi connectivity index (χ1v) is 9.40. The quantitative estimate of drug-likeness (QED) is 0.610. The van der Waals surface area contributed by atoms with Crippen LogP contribution in [0.1, 0.15) is 29.2 Å². The summed E-state index contributed by atoms with van der Waals surface area (Å²) in [6.07, 6.45) is 0. The number of rotatable bonds is 4. The highest BCUT2D eigenvalue weighted by Gasteiger charge is 2.28. The zero-order valence-electron chi connectivity index (χ0n) is 16.6. The van der Waals surface area contributed by atoms with Gasteiger partial charge < -0.3 is 15.2 Å². The number of nitrogens with two attached hydrogens (primary N) is 1. The second kappa shape index (κ2) is 10.4. The third kappa shape index (κ3) is 4.92. The Labute approximate surface area is 188 Å². The molecule has 1 atom stereocenters. The van der Waals surface area contributed by atoms with Crippen molar-refractivity contribution in [2.24, 2.45) is 0 Å². The fourth-order valence-corrected chi connectivity index (χ4v) is 3.44. The van der Waals surface area contributed by atoms with E-state index in [1.54, 1.807) is 12.1 Å². The first kappa shape index (κ1) is 23.7. The van der Waals surface area contributed by atoms with Gasteiger partial charge in [0.25, 0.3) is 5.91 Å². The normalized spacial score (nSPS) is 15.0. The van der Waals surface area contributed by atoms with E-state index >= 15 is 0 Å². The molecule has 1 aliphatic rings. The summed E-state index contributed by atoms with van der Waals surface area (Å²) in [6, 6.07) is 17.0. The second-order valence-electron chi connectivity index (χ2n) is 6.91. The smallest absolute Gasteiger partial charge is 0.256 e. The standard InChI is InChI=1S/C21H23N5O2.2ClH/c1-15(20-23-19(24-28-20)16-7-3-2-4-8-16)25-11-13-26(14-12-25)21(27)17-9-5-6-10-18(17)22;;/h2-10,15H,11-14,22H2,1H3;2*1H. The number of nitrogens with zero attached hydrogens (tertiary/aromatic N) is 4. The van der Waals surface area contributed by atoms with Crippen LogP contribution in [0.4, 0.5) is 5.69 Å². The van der Waals surface area contributed by atoms with Gasteiger partial charge in [0.2, 0.25) is 11.7 Å². The zero-order valence-corrected chi connectivity index (χ0v) is 18.2. The van der Waals surface area contributed by atoms with E-state index in [4.69, 9.17) is 10.3 Å². The SMILES string of the molecule is CC(c1nc(-c2ccccc2)no1)N1CCN(C(=O)c2ccccc2N)CC1.Cl.Cl. The monoisotopic (exact) mass is 449 g/mol. The highest BCUT2D eigenvalue weighted by Crippen LogP contribution is 2.24. The van der Waals surface area contributed by atoms with E-state index in [-0.39, 0.29) is 36.8 Å². The number of piperazine rings is 1. The molecule has 3 aromatic rings. The van der Waals surface area contributed by atoms with Crippen molar-refractivity contribution in [3.05, 3.63) is 66.1 Å². The van der Waals surface area contributed by atoms with Gasteiger partial charge in [-0.3, -0.25) is 9.69 Å². The van der Waals surface area contributed by atoms with Crippen molar-refractivity contribution in [2.75, 3.05) is 31.9 Å². The predicted octanol–water partition coefficient (Wildman–Crippen LogP) is 3.68. The van der Waals surface area contributed by atoms with Gasteiger partial charge in [0.15, 0.2) is 0 Å². The molecule has 1 amide bonds. The number of halogens is 2. The van der Waals surface area contributed by atoms with Gasteiger partial charge in [-0.15, -0.1) is 24.8 Å². The van der Waals surface area contributed by atoms with Crippen LogP contribution in [-0.2, 0) is 0 Å². The van der Waals surface area contributed by atoms with E-state index in [0.717, 1.165) is 18.7 Å². The molecule has 7 nitrogen and oxygen atoms in total. The number of hydrogen-bond donors (Lipinski definition) is 1. The Kier molecular flexibility index (Phi) is 8.23. The first-order valence-electron chi connectivity index (χ1n) is 9.40. The third-order valence-corrected chi connectivity index (χ3v) is 5.17. The van der Waals surface area contributed by atoms with E-state index in [2.05, 4.69) is 22.0 Å².